The molecule has 0 aliphatic rings. The van der Waals surface area contributed by atoms with Gasteiger partial charge in [-0.2, -0.15) is 0 Å². The van der Waals surface area contributed by atoms with E-state index in [-0.39, 0.29) is 12.4 Å². The molecule has 0 unspecified atom stereocenters. The molecule has 0 saturated heterocycles. The molecule has 0 aliphatic heterocycles. The molecule has 0 heterocycles. The van der Waals surface area contributed by atoms with Crippen LogP contribution in [0.3, 0.4) is 0 Å². The van der Waals surface area contributed by atoms with Crippen molar-refractivity contribution in [2.75, 3.05) is 25.9 Å². The summed E-state index contributed by atoms with van der Waals surface area (Å²) in [4.78, 5) is 0. The molecule has 19 heavy (non-hydrogen) atoms. The van der Waals surface area contributed by atoms with Gasteiger partial charge in [0.05, 0.1) is 19.4 Å². The zero-order valence-electron chi connectivity index (χ0n) is 12.8. The van der Waals surface area contributed by atoms with Crippen molar-refractivity contribution < 1.29 is 13.6 Å². The van der Waals surface area contributed by atoms with E-state index < -0.39 is 7.60 Å². The molecule has 0 bridgehead atoms. The van der Waals surface area contributed by atoms with Crippen LogP contribution >= 0.6 is 20.0 Å². The number of rotatable bonds is 12. The van der Waals surface area contributed by atoms with E-state index in [0.29, 0.717) is 32.0 Å². The summed E-state index contributed by atoms with van der Waals surface area (Å²) in [6.07, 6.45) is 5.40. The normalized spacial score (nSPS) is 13.1. The van der Waals surface area contributed by atoms with Crippen LogP contribution in [0.25, 0.3) is 0 Å². The third-order valence-electron chi connectivity index (χ3n) is 2.77. The quantitative estimate of drug-likeness (QED) is 0.432. The first-order valence-corrected chi connectivity index (χ1v) is 8.92. The molecule has 4 nitrogen and oxygen atoms in total. The van der Waals surface area contributed by atoms with E-state index in [1.54, 1.807) is 0 Å². The van der Waals surface area contributed by atoms with E-state index in [0.717, 1.165) is 0 Å². The molecule has 0 aromatic rings. The Labute approximate surface area is 125 Å². The smallest absolute Gasteiger partial charge is 0.314 e. The summed E-state index contributed by atoms with van der Waals surface area (Å²) in [7, 11) is -2.87. The molecule has 0 aliphatic carbocycles. The van der Waals surface area contributed by atoms with Crippen molar-refractivity contribution in [3.05, 3.63) is 0 Å². The van der Waals surface area contributed by atoms with Gasteiger partial charge in [-0.15, -0.1) is 12.4 Å². The zero-order chi connectivity index (χ0) is 13.9. The second-order valence-electron chi connectivity index (χ2n) is 4.52. The highest BCUT2D eigenvalue weighted by Gasteiger charge is 2.22. The average Bonchev–Trinajstić information content (AvgIpc) is 2.30. The lowest BCUT2D eigenvalue weighted by Crippen LogP contribution is -2.29. The average molecular weight is 316 g/mol. The predicted octanol–water partition coefficient (Wildman–Crippen LogP) is 4.23. The van der Waals surface area contributed by atoms with Crippen molar-refractivity contribution in [2.24, 2.45) is 0 Å². The monoisotopic (exact) mass is 315 g/mol. The molecule has 1 atom stereocenters. The highest BCUT2D eigenvalue weighted by Crippen LogP contribution is 2.47. The summed E-state index contributed by atoms with van der Waals surface area (Å²) in [6.45, 7) is 9.61. The van der Waals surface area contributed by atoms with Crippen molar-refractivity contribution in [1.82, 2.24) is 5.32 Å². The third kappa shape index (κ3) is 11.9. The van der Waals surface area contributed by atoms with Gasteiger partial charge < -0.3 is 14.4 Å². The molecule has 118 valence electrons. The van der Waals surface area contributed by atoms with E-state index in [9.17, 15) is 4.57 Å². The summed E-state index contributed by atoms with van der Waals surface area (Å²) in [5, 5.41) is 3.38. The van der Waals surface area contributed by atoms with Crippen LogP contribution in [0.5, 0.6) is 0 Å². The summed E-state index contributed by atoms with van der Waals surface area (Å²) in [5.74, 6) is 0. The molecule has 6 heteroatoms. The van der Waals surface area contributed by atoms with Crippen LogP contribution in [-0.4, -0.2) is 32.0 Å². The highest BCUT2D eigenvalue weighted by atomic mass is 35.5. The van der Waals surface area contributed by atoms with Crippen molar-refractivity contribution >= 4 is 20.0 Å². The molecule has 0 amide bonds. The zero-order valence-corrected chi connectivity index (χ0v) is 14.5. The van der Waals surface area contributed by atoms with Gasteiger partial charge in [-0.1, -0.05) is 26.2 Å². The molecule has 0 radical (unpaired) electrons. The number of hydrogen-bond acceptors (Lipinski definition) is 4. The lowest BCUT2D eigenvalue weighted by molar-refractivity contribution is 0.220. The summed E-state index contributed by atoms with van der Waals surface area (Å²) >= 11 is 0. The SMILES string of the molecule is CCCCC[C@H](C)NCCP(=O)(OCC)OCC.Cl. The topological polar surface area (TPSA) is 47.6 Å². The Morgan fingerprint density at radius 3 is 2.16 bits per heavy atom. The Morgan fingerprint density at radius 1 is 1.11 bits per heavy atom. The molecule has 0 spiro atoms. The lowest BCUT2D eigenvalue weighted by atomic mass is 10.1. The minimum absolute atomic E-state index is 0. The van der Waals surface area contributed by atoms with E-state index in [1.165, 1.54) is 25.7 Å². The van der Waals surface area contributed by atoms with Gasteiger partial charge in [0.1, 0.15) is 0 Å². The Bertz CT molecular complexity index is 232. The van der Waals surface area contributed by atoms with Crippen molar-refractivity contribution in [3.8, 4) is 0 Å². The first-order chi connectivity index (χ1) is 8.58. The van der Waals surface area contributed by atoms with E-state index in [2.05, 4.69) is 19.2 Å². The minimum Gasteiger partial charge on any atom is -0.314 e. The van der Waals surface area contributed by atoms with Crippen LogP contribution in [0.1, 0.15) is 53.4 Å². The van der Waals surface area contributed by atoms with Crippen LogP contribution in [0.15, 0.2) is 0 Å². The molecule has 0 saturated carbocycles. The van der Waals surface area contributed by atoms with Gasteiger partial charge in [-0.05, 0) is 27.2 Å². The molecular formula is C13H31ClNO3P. The standard InChI is InChI=1S/C13H30NO3P.ClH/c1-5-8-9-10-13(4)14-11-12-18(15,16-6-2)17-7-3;/h13-14H,5-12H2,1-4H3;1H/t13-;/m0./s1. The van der Waals surface area contributed by atoms with E-state index in [4.69, 9.17) is 9.05 Å². The molecule has 0 aromatic carbocycles. The van der Waals surface area contributed by atoms with Crippen molar-refractivity contribution in [3.63, 3.8) is 0 Å². The van der Waals surface area contributed by atoms with Gasteiger partial charge in [0.2, 0.25) is 0 Å². The predicted molar refractivity (Wildman–Crippen MR) is 84.6 cm³/mol. The van der Waals surface area contributed by atoms with Crippen LogP contribution in [0.2, 0.25) is 0 Å². The van der Waals surface area contributed by atoms with Gasteiger partial charge in [-0.3, -0.25) is 4.57 Å². The first kappa shape index (κ1) is 21.7. The summed E-state index contributed by atoms with van der Waals surface area (Å²) in [6, 6.07) is 0.466. The third-order valence-corrected chi connectivity index (χ3v) is 4.85. The number of hydrogen-bond donors (Lipinski definition) is 1. The van der Waals surface area contributed by atoms with Crippen molar-refractivity contribution in [1.29, 1.82) is 0 Å². The fourth-order valence-corrected chi connectivity index (χ4v) is 3.33. The van der Waals surface area contributed by atoms with Gasteiger partial charge in [-0.25, -0.2) is 0 Å². The molecule has 0 aromatic heterocycles. The minimum atomic E-state index is -2.87. The van der Waals surface area contributed by atoms with Crippen molar-refractivity contribution in [2.45, 2.75) is 59.4 Å². The molecule has 0 rings (SSSR count). The number of unbranched alkanes of at least 4 members (excludes halogenated alkanes) is 2. The van der Waals surface area contributed by atoms with E-state index in [1.807, 2.05) is 13.8 Å². The first-order valence-electron chi connectivity index (χ1n) is 7.19. The van der Waals surface area contributed by atoms with Crippen LogP contribution in [0, 0.1) is 0 Å². The Morgan fingerprint density at radius 2 is 1.68 bits per heavy atom. The highest BCUT2D eigenvalue weighted by molar-refractivity contribution is 7.53. The second-order valence-corrected chi connectivity index (χ2v) is 6.71. The molecule has 0 fully saturated rings. The maximum absolute atomic E-state index is 12.2. The van der Waals surface area contributed by atoms with Gasteiger partial charge in [0.25, 0.3) is 0 Å². The maximum atomic E-state index is 12.2. The lowest BCUT2D eigenvalue weighted by Gasteiger charge is -2.19. The maximum Gasteiger partial charge on any atom is 0.331 e. The van der Waals surface area contributed by atoms with Gasteiger partial charge in [0.15, 0.2) is 0 Å². The molecule has 1 N–H and O–H groups in total. The number of nitrogens with one attached hydrogen (secondary N) is 1. The largest absolute Gasteiger partial charge is 0.331 e. The Balaban J connectivity index is 0. The van der Waals surface area contributed by atoms with Crippen LogP contribution < -0.4 is 5.32 Å². The fourth-order valence-electron chi connectivity index (χ4n) is 1.81. The Kier molecular flexibility index (Phi) is 15.3. The second kappa shape index (κ2) is 13.4. The summed E-state index contributed by atoms with van der Waals surface area (Å²) in [5.41, 5.74) is 0. The van der Waals surface area contributed by atoms with Crippen LogP contribution in [-0.2, 0) is 13.6 Å². The van der Waals surface area contributed by atoms with Crippen LogP contribution in [0.4, 0.5) is 0 Å². The summed E-state index contributed by atoms with van der Waals surface area (Å²) < 4.78 is 22.7. The van der Waals surface area contributed by atoms with Gasteiger partial charge in [0, 0.05) is 12.6 Å². The van der Waals surface area contributed by atoms with E-state index >= 15 is 0 Å². The number of halogens is 1. The van der Waals surface area contributed by atoms with Gasteiger partial charge >= 0.3 is 7.60 Å². The fraction of sp³-hybridized carbons (Fsp3) is 1.00. The molecular weight excluding hydrogens is 285 g/mol. The Hall–Kier alpha value is 0.400.